The Morgan fingerprint density at radius 3 is 2.55 bits per heavy atom. The quantitative estimate of drug-likeness (QED) is 0.655. The van der Waals surface area contributed by atoms with Crippen molar-refractivity contribution >= 4 is 5.97 Å². The highest BCUT2D eigenvalue weighted by Gasteiger charge is 2.54. The number of rotatable bonds is 8. The first-order valence-electron chi connectivity index (χ1n) is 11.5. The van der Waals surface area contributed by atoms with Crippen LogP contribution in [0.3, 0.4) is 0 Å². The Hall–Kier alpha value is -1.39. The second-order valence-electron chi connectivity index (χ2n) is 10.1. The van der Waals surface area contributed by atoms with Crippen LogP contribution < -0.4 is 5.32 Å². The maximum atomic E-state index is 11.9. The highest BCUT2D eigenvalue weighted by atomic mass is 16.6. The Morgan fingerprint density at radius 1 is 1.24 bits per heavy atom. The number of carbonyl (C=O) groups is 1. The van der Waals surface area contributed by atoms with Crippen molar-refractivity contribution in [3.8, 4) is 0 Å². The molecule has 1 aromatic carbocycles. The number of likely N-dealkylation sites (tertiary alicyclic amines) is 1. The van der Waals surface area contributed by atoms with E-state index in [2.05, 4.69) is 48.3 Å². The zero-order valence-corrected chi connectivity index (χ0v) is 19.1. The Bertz CT molecular complexity index is 688. The average Bonchev–Trinajstić information content (AvgIpc) is 3.39. The topological polar surface area (TPSA) is 41.6 Å². The molecule has 3 rings (SSSR count). The van der Waals surface area contributed by atoms with E-state index >= 15 is 0 Å². The van der Waals surface area contributed by atoms with E-state index in [0.29, 0.717) is 17.9 Å². The summed E-state index contributed by atoms with van der Waals surface area (Å²) in [6.45, 7) is 14.5. The summed E-state index contributed by atoms with van der Waals surface area (Å²) < 4.78 is 5.42. The van der Waals surface area contributed by atoms with Crippen molar-refractivity contribution in [2.24, 2.45) is 5.92 Å². The van der Waals surface area contributed by atoms with Crippen molar-refractivity contribution in [1.29, 1.82) is 0 Å². The van der Waals surface area contributed by atoms with E-state index < -0.39 is 0 Å². The Balaban J connectivity index is 1.38. The third kappa shape index (κ3) is 5.82. The first-order valence-corrected chi connectivity index (χ1v) is 11.5. The number of carbonyl (C=O) groups excluding carboxylic acids is 1. The fraction of sp³-hybridized carbons (Fsp3) is 0.720. The van der Waals surface area contributed by atoms with Crippen molar-refractivity contribution in [1.82, 2.24) is 10.2 Å². The smallest absolute Gasteiger partial charge is 0.307 e. The number of piperidine rings is 1. The van der Waals surface area contributed by atoms with Gasteiger partial charge < -0.3 is 15.0 Å². The van der Waals surface area contributed by atoms with E-state index in [1.54, 1.807) is 0 Å². The molecule has 0 radical (unpaired) electrons. The van der Waals surface area contributed by atoms with Gasteiger partial charge in [0.25, 0.3) is 0 Å². The summed E-state index contributed by atoms with van der Waals surface area (Å²) in [5.41, 5.74) is 2.93. The van der Waals surface area contributed by atoms with Crippen LogP contribution in [0.15, 0.2) is 24.3 Å². The van der Waals surface area contributed by atoms with Crippen molar-refractivity contribution in [3.63, 3.8) is 0 Å². The monoisotopic (exact) mass is 400 g/mol. The molecule has 1 saturated heterocycles. The highest BCUT2D eigenvalue weighted by Crippen LogP contribution is 2.52. The van der Waals surface area contributed by atoms with Crippen LogP contribution >= 0.6 is 0 Å². The maximum absolute atomic E-state index is 11.9. The van der Waals surface area contributed by atoms with Gasteiger partial charge in [-0.1, -0.05) is 31.2 Å². The minimum atomic E-state index is -0.384. The molecule has 1 heterocycles. The molecule has 1 aliphatic carbocycles. The number of nitrogens with one attached hydrogen (secondary N) is 1. The van der Waals surface area contributed by atoms with E-state index in [1.807, 2.05) is 20.8 Å². The van der Waals surface area contributed by atoms with Crippen molar-refractivity contribution < 1.29 is 9.53 Å². The predicted octanol–water partition coefficient (Wildman–Crippen LogP) is 4.45. The zero-order valence-electron chi connectivity index (χ0n) is 19.1. The Kier molecular flexibility index (Phi) is 7.06. The van der Waals surface area contributed by atoms with Crippen LogP contribution in [-0.2, 0) is 14.9 Å². The molecule has 0 spiro atoms. The molecule has 2 fully saturated rings. The number of aryl methyl sites for hydroxylation is 1. The van der Waals surface area contributed by atoms with Crippen LogP contribution in [0.5, 0.6) is 0 Å². The van der Waals surface area contributed by atoms with Gasteiger partial charge in [-0.25, -0.2) is 0 Å². The van der Waals surface area contributed by atoms with Crippen LogP contribution in [0.25, 0.3) is 0 Å². The van der Waals surface area contributed by atoms with Crippen molar-refractivity contribution in [3.05, 3.63) is 35.4 Å². The van der Waals surface area contributed by atoms with Crippen molar-refractivity contribution in [2.45, 2.75) is 83.8 Å². The molecular formula is C25H40N2O2. The molecule has 0 aromatic heterocycles. The largest absolute Gasteiger partial charge is 0.460 e. The number of hydrogen-bond donors (Lipinski definition) is 1. The SMILES string of the molecule is CCC1(c2ccccc2C)CC1NCC1CCN(CCC(=O)OC(C)(C)C)CC1. The Labute approximate surface area is 177 Å². The second kappa shape index (κ2) is 9.18. The first kappa shape index (κ1) is 22.3. The zero-order chi connectivity index (χ0) is 21.1. The third-order valence-corrected chi connectivity index (χ3v) is 6.80. The lowest BCUT2D eigenvalue weighted by atomic mass is 9.88. The van der Waals surface area contributed by atoms with Crippen LogP contribution in [0.1, 0.15) is 70.9 Å². The third-order valence-electron chi connectivity index (χ3n) is 6.80. The highest BCUT2D eigenvalue weighted by molar-refractivity contribution is 5.70. The summed E-state index contributed by atoms with van der Waals surface area (Å²) in [4.78, 5) is 14.3. The van der Waals surface area contributed by atoms with Gasteiger partial charge in [-0.15, -0.1) is 0 Å². The number of esters is 1. The fourth-order valence-electron chi connectivity index (χ4n) is 4.95. The number of hydrogen-bond acceptors (Lipinski definition) is 4. The molecule has 4 heteroatoms. The van der Waals surface area contributed by atoms with Crippen LogP contribution in [0.2, 0.25) is 0 Å². The molecule has 4 nitrogen and oxygen atoms in total. The van der Waals surface area contributed by atoms with Gasteiger partial charge in [0, 0.05) is 18.0 Å². The van der Waals surface area contributed by atoms with E-state index in [-0.39, 0.29) is 11.6 Å². The number of nitrogens with zero attached hydrogens (tertiary/aromatic N) is 1. The fourth-order valence-corrected chi connectivity index (χ4v) is 4.95. The molecule has 1 aliphatic heterocycles. The van der Waals surface area contributed by atoms with Gasteiger partial charge in [0.1, 0.15) is 5.60 Å². The first-order chi connectivity index (χ1) is 13.7. The molecule has 2 atom stereocenters. The maximum Gasteiger partial charge on any atom is 0.307 e. The summed E-state index contributed by atoms with van der Waals surface area (Å²) in [6.07, 6.45) is 5.41. The van der Waals surface area contributed by atoms with Gasteiger partial charge in [-0.2, -0.15) is 0 Å². The average molecular weight is 401 g/mol. The summed E-state index contributed by atoms with van der Waals surface area (Å²) in [5.74, 6) is 0.668. The van der Waals surface area contributed by atoms with Gasteiger partial charge in [0.05, 0.1) is 6.42 Å². The summed E-state index contributed by atoms with van der Waals surface area (Å²) in [7, 11) is 0. The molecule has 1 N–H and O–H groups in total. The lowest BCUT2D eigenvalue weighted by Crippen LogP contribution is -2.39. The molecule has 2 unspecified atom stereocenters. The van der Waals surface area contributed by atoms with Gasteiger partial charge in [-0.3, -0.25) is 4.79 Å². The number of benzene rings is 1. The van der Waals surface area contributed by atoms with E-state index in [0.717, 1.165) is 32.1 Å². The molecule has 1 saturated carbocycles. The standard InChI is InChI=1S/C25H40N2O2/c1-6-25(21-10-8-7-9-19(21)2)17-22(25)26-18-20-11-14-27(15-12-20)16-13-23(28)29-24(3,4)5/h7-10,20,22,26H,6,11-18H2,1-5H3. The molecule has 1 aromatic rings. The molecule has 162 valence electrons. The lowest BCUT2D eigenvalue weighted by molar-refractivity contribution is -0.155. The lowest BCUT2D eigenvalue weighted by Gasteiger charge is -2.32. The van der Waals surface area contributed by atoms with Gasteiger partial charge in [0.15, 0.2) is 0 Å². The molecule has 0 bridgehead atoms. The minimum Gasteiger partial charge on any atom is -0.460 e. The number of ether oxygens (including phenoxy) is 1. The minimum absolute atomic E-state index is 0.0814. The van der Waals surface area contributed by atoms with Crippen LogP contribution in [0, 0.1) is 12.8 Å². The molecule has 0 amide bonds. The van der Waals surface area contributed by atoms with E-state index in [9.17, 15) is 4.79 Å². The Morgan fingerprint density at radius 2 is 1.93 bits per heavy atom. The predicted molar refractivity (Wildman–Crippen MR) is 119 cm³/mol. The van der Waals surface area contributed by atoms with Gasteiger partial charge in [0.2, 0.25) is 0 Å². The molecule has 29 heavy (non-hydrogen) atoms. The van der Waals surface area contributed by atoms with E-state index in [4.69, 9.17) is 4.74 Å². The van der Waals surface area contributed by atoms with Crippen LogP contribution in [0.4, 0.5) is 0 Å². The van der Waals surface area contributed by atoms with Gasteiger partial charge >= 0.3 is 5.97 Å². The van der Waals surface area contributed by atoms with Crippen LogP contribution in [-0.4, -0.2) is 48.7 Å². The van der Waals surface area contributed by atoms with Crippen molar-refractivity contribution in [2.75, 3.05) is 26.2 Å². The normalized spacial score (nSPS) is 25.8. The molecular weight excluding hydrogens is 360 g/mol. The molecule has 2 aliphatic rings. The summed E-state index contributed by atoms with van der Waals surface area (Å²) in [6, 6.07) is 9.52. The second-order valence-corrected chi connectivity index (χ2v) is 10.1. The van der Waals surface area contributed by atoms with E-state index in [1.165, 1.54) is 36.8 Å². The summed E-state index contributed by atoms with van der Waals surface area (Å²) >= 11 is 0. The summed E-state index contributed by atoms with van der Waals surface area (Å²) in [5, 5.41) is 3.89. The van der Waals surface area contributed by atoms with Gasteiger partial charge in [-0.05, 0) is 90.1 Å².